The molecule has 0 spiro atoms. The molecule has 16 nitrogen and oxygen atoms in total. The quantitative estimate of drug-likeness (QED) is 0.0218. The average Bonchev–Trinajstić information content (AvgIpc) is 3.40. The first kappa shape index (κ1) is 57.7. The van der Waals surface area contributed by atoms with E-state index in [1.165, 1.54) is 17.0 Å². The van der Waals surface area contributed by atoms with Gasteiger partial charge in [-0.1, -0.05) is 57.2 Å². The Morgan fingerprint density at radius 2 is 1.50 bits per heavy atom. The monoisotopic (exact) mass is 1030 g/mol. The molecule has 0 bridgehead atoms. The normalized spacial score (nSPS) is 14.4. The summed E-state index contributed by atoms with van der Waals surface area (Å²) in [6.07, 6.45) is -0.272. The van der Waals surface area contributed by atoms with Crippen molar-refractivity contribution in [2.24, 2.45) is 11.1 Å². The zero-order valence-electron chi connectivity index (χ0n) is 42.7. The van der Waals surface area contributed by atoms with Gasteiger partial charge in [0.25, 0.3) is 17.7 Å². The standard InChI is InChI=1S/C55H69F3N6O10/c1-6-54(2,3)49(66)52(69)64-32-12-10-20-44(64)53(70)74-45(27-21-36-22-28-46(71-4)47(33-36)72-5)37-23-25-40(26-24-37)73-35-48(65)60-29-11-9-18-42(59)51(68)62-31-14-30-61-50(67)41-17-7-8-19-43(41)63-39-16-13-15-38(34-39)55(56,57)58/h7-8,13,15-17,19,22-26,28,33-34,42,44-45,63H,6,9-12,14,18,20-21,27,29-32,35,59H2,1-5H3,(H,60,65)(H,61,67)(H,62,68). The fraction of sp³-hybridized carbons (Fsp3) is 0.455. The number of hydrogen-bond acceptors (Lipinski definition) is 12. The number of nitrogens with one attached hydrogen (secondary N) is 4. The van der Waals surface area contributed by atoms with E-state index in [1.54, 1.807) is 82.7 Å². The van der Waals surface area contributed by atoms with Crippen molar-refractivity contribution in [2.75, 3.05) is 52.3 Å². The Morgan fingerprint density at radius 3 is 2.22 bits per heavy atom. The maximum atomic E-state index is 14.0. The number of anilines is 2. The highest BCUT2D eigenvalue weighted by Crippen LogP contribution is 2.34. The van der Waals surface area contributed by atoms with Gasteiger partial charge in [0, 0.05) is 37.3 Å². The summed E-state index contributed by atoms with van der Waals surface area (Å²) in [7, 11) is 3.10. The fourth-order valence-electron chi connectivity index (χ4n) is 8.12. The van der Waals surface area contributed by atoms with Crippen LogP contribution in [-0.2, 0) is 41.3 Å². The molecule has 74 heavy (non-hydrogen) atoms. The number of alkyl halides is 3. The number of carbonyl (C=O) groups excluding carboxylic acids is 6. The third kappa shape index (κ3) is 17.0. The number of nitrogens with zero attached hydrogens (tertiary/aromatic N) is 1. The van der Waals surface area contributed by atoms with Gasteiger partial charge in [-0.05, 0) is 130 Å². The van der Waals surface area contributed by atoms with Gasteiger partial charge >= 0.3 is 12.1 Å². The van der Waals surface area contributed by atoms with Crippen LogP contribution in [0.1, 0.15) is 112 Å². The second-order valence-electron chi connectivity index (χ2n) is 18.7. The Morgan fingerprint density at radius 1 is 0.784 bits per heavy atom. The molecule has 4 aromatic carbocycles. The number of Topliss-reactive ketones (excluding diaryl/α,β-unsaturated/α-hetero) is 1. The number of carbonyl (C=O) groups is 6. The number of amides is 4. The number of para-hydroxylation sites is 1. The number of esters is 1. The summed E-state index contributed by atoms with van der Waals surface area (Å²) in [6.45, 7) is 6.11. The lowest BCUT2D eigenvalue weighted by Crippen LogP contribution is -2.53. The van der Waals surface area contributed by atoms with E-state index in [0.717, 1.165) is 17.7 Å². The predicted molar refractivity (Wildman–Crippen MR) is 273 cm³/mol. The molecule has 1 heterocycles. The Bertz CT molecular complexity index is 2540. The van der Waals surface area contributed by atoms with Crippen molar-refractivity contribution in [3.05, 3.63) is 113 Å². The van der Waals surface area contributed by atoms with Crippen molar-refractivity contribution in [2.45, 2.75) is 109 Å². The molecule has 400 valence electrons. The highest BCUT2D eigenvalue weighted by molar-refractivity contribution is 6.38. The molecule has 19 heteroatoms. The van der Waals surface area contributed by atoms with Gasteiger partial charge in [0.2, 0.25) is 11.7 Å². The number of unbranched alkanes of at least 4 members (excludes halogenated alkanes) is 1. The van der Waals surface area contributed by atoms with E-state index in [9.17, 15) is 41.9 Å². The number of likely N-dealkylation sites (tertiary alicyclic amines) is 1. The molecule has 3 unspecified atom stereocenters. The summed E-state index contributed by atoms with van der Waals surface area (Å²) in [4.78, 5) is 80.2. The van der Waals surface area contributed by atoms with E-state index >= 15 is 0 Å². The van der Waals surface area contributed by atoms with Crippen LogP contribution < -0.4 is 41.2 Å². The first-order valence-electron chi connectivity index (χ1n) is 25.0. The topological polar surface area (TPSA) is 217 Å². The van der Waals surface area contributed by atoms with E-state index in [1.807, 2.05) is 19.1 Å². The fourth-order valence-corrected chi connectivity index (χ4v) is 8.12. The molecular formula is C55H69F3N6O10. The minimum absolute atomic E-state index is 0.177. The van der Waals surface area contributed by atoms with Crippen molar-refractivity contribution >= 4 is 46.8 Å². The molecule has 1 aliphatic rings. The molecule has 5 rings (SSSR count). The number of rotatable bonds is 27. The zero-order valence-corrected chi connectivity index (χ0v) is 42.7. The molecule has 1 fully saturated rings. The maximum absolute atomic E-state index is 14.0. The van der Waals surface area contributed by atoms with E-state index in [2.05, 4.69) is 21.3 Å². The highest BCUT2D eigenvalue weighted by Gasteiger charge is 2.41. The van der Waals surface area contributed by atoms with Crippen molar-refractivity contribution in [1.82, 2.24) is 20.9 Å². The lowest BCUT2D eigenvalue weighted by molar-refractivity contribution is -0.164. The number of nitrogens with two attached hydrogens (primary N) is 1. The second-order valence-corrected chi connectivity index (χ2v) is 18.7. The molecular weight excluding hydrogens is 962 g/mol. The summed E-state index contributed by atoms with van der Waals surface area (Å²) in [6, 6.07) is 21.9. The lowest BCUT2D eigenvalue weighted by atomic mass is 9.84. The van der Waals surface area contributed by atoms with Crippen LogP contribution in [0.3, 0.4) is 0 Å². The third-order valence-corrected chi connectivity index (χ3v) is 12.9. The third-order valence-electron chi connectivity index (χ3n) is 12.9. The molecule has 0 aromatic heterocycles. The first-order chi connectivity index (χ1) is 35.3. The number of hydrogen-bond donors (Lipinski definition) is 5. The van der Waals surface area contributed by atoms with Gasteiger partial charge in [-0.3, -0.25) is 24.0 Å². The molecule has 4 aromatic rings. The van der Waals surface area contributed by atoms with Crippen molar-refractivity contribution in [1.29, 1.82) is 0 Å². The van der Waals surface area contributed by atoms with E-state index < -0.39 is 58.9 Å². The number of ether oxygens (including phenoxy) is 4. The number of ketones is 1. The molecule has 0 radical (unpaired) electrons. The lowest BCUT2D eigenvalue weighted by Gasteiger charge is -2.36. The van der Waals surface area contributed by atoms with E-state index in [-0.39, 0.29) is 49.3 Å². The van der Waals surface area contributed by atoms with Gasteiger partial charge in [-0.25, -0.2) is 4.79 Å². The SMILES string of the molecule is CCC(C)(C)C(=O)C(=O)N1CCCCC1C(=O)OC(CCc1ccc(OC)c(OC)c1)c1ccc(OCC(=O)NCCCCC(N)C(=O)NCCCNC(=O)c2ccccc2Nc2cccc(C(F)(F)F)c2)cc1. The minimum atomic E-state index is -4.51. The molecule has 0 saturated carbocycles. The number of benzene rings is 4. The number of aryl methyl sites for hydroxylation is 1. The Labute approximate surface area is 430 Å². The van der Waals surface area contributed by atoms with Gasteiger partial charge in [0.05, 0.1) is 37.1 Å². The van der Waals surface area contributed by atoms with Crippen molar-refractivity contribution in [3.63, 3.8) is 0 Å². The molecule has 6 N–H and O–H groups in total. The average molecular weight is 1030 g/mol. The predicted octanol–water partition coefficient (Wildman–Crippen LogP) is 8.00. The van der Waals surface area contributed by atoms with Crippen LogP contribution in [0.25, 0.3) is 0 Å². The minimum Gasteiger partial charge on any atom is -0.493 e. The summed E-state index contributed by atoms with van der Waals surface area (Å²) in [5.41, 5.74) is 6.75. The number of halogens is 3. The Kier molecular flexibility index (Phi) is 21.7. The largest absolute Gasteiger partial charge is 0.493 e. The van der Waals surface area contributed by atoms with Gasteiger partial charge < -0.3 is 50.8 Å². The summed E-state index contributed by atoms with van der Waals surface area (Å²) in [5, 5.41) is 11.2. The van der Waals surface area contributed by atoms with Crippen LogP contribution in [0.4, 0.5) is 24.5 Å². The summed E-state index contributed by atoms with van der Waals surface area (Å²) in [5.74, 6) is -1.40. The van der Waals surface area contributed by atoms with Gasteiger partial charge in [-0.15, -0.1) is 0 Å². The summed E-state index contributed by atoms with van der Waals surface area (Å²) >= 11 is 0. The smallest absolute Gasteiger partial charge is 0.416 e. The maximum Gasteiger partial charge on any atom is 0.416 e. The Hall–Kier alpha value is -7.15. The van der Waals surface area contributed by atoms with Gasteiger partial charge in [-0.2, -0.15) is 13.2 Å². The van der Waals surface area contributed by atoms with Crippen LogP contribution in [0.2, 0.25) is 0 Å². The van der Waals surface area contributed by atoms with Crippen molar-refractivity contribution in [3.8, 4) is 17.2 Å². The first-order valence-corrected chi connectivity index (χ1v) is 25.0. The van der Waals surface area contributed by atoms with Crippen LogP contribution in [0.15, 0.2) is 91.0 Å². The van der Waals surface area contributed by atoms with Gasteiger partial charge in [0.15, 0.2) is 18.1 Å². The van der Waals surface area contributed by atoms with E-state index in [4.69, 9.17) is 24.7 Å². The Balaban J connectivity index is 1.03. The van der Waals surface area contributed by atoms with Crippen LogP contribution in [0.5, 0.6) is 17.2 Å². The molecule has 1 saturated heterocycles. The van der Waals surface area contributed by atoms with Crippen LogP contribution in [-0.4, -0.2) is 99.4 Å². The second kappa shape index (κ2) is 27.8. The molecule has 4 amide bonds. The number of methoxy groups -OCH3 is 2. The molecule has 3 atom stereocenters. The zero-order chi connectivity index (χ0) is 53.8. The molecule has 0 aliphatic carbocycles. The highest BCUT2D eigenvalue weighted by atomic mass is 19.4. The summed E-state index contributed by atoms with van der Waals surface area (Å²) < 4.78 is 62.4. The van der Waals surface area contributed by atoms with E-state index in [0.29, 0.717) is 99.3 Å². The number of piperidine rings is 1. The van der Waals surface area contributed by atoms with Crippen LogP contribution >= 0.6 is 0 Å². The van der Waals surface area contributed by atoms with Gasteiger partial charge in [0.1, 0.15) is 17.9 Å². The van der Waals surface area contributed by atoms with Crippen molar-refractivity contribution < 1.29 is 60.9 Å². The van der Waals surface area contributed by atoms with Crippen LogP contribution in [0, 0.1) is 5.41 Å². The molecule has 1 aliphatic heterocycles.